The number of aromatic nitrogens is 3. The fraction of sp³-hybridized carbons (Fsp3) is 0.333. The van der Waals surface area contributed by atoms with Gasteiger partial charge in [-0.1, -0.05) is 18.2 Å². The van der Waals surface area contributed by atoms with Gasteiger partial charge in [-0.25, -0.2) is 4.98 Å². The van der Waals surface area contributed by atoms with Crippen LogP contribution >= 0.6 is 0 Å². The van der Waals surface area contributed by atoms with E-state index in [1.54, 1.807) is 11.0 Å². The fourth-order valence-corrected chi connectivity index (χ4v) is 1.59. The Morgan fingerprint density at radius 1 is 1.39 bits per heavy atom. The minimum absolute atomic E-state index is 0.191. The van der Waals surface area contributed by atoms with Crippen LogP contribution in [0.2, 0.25) is 0 Å². The summed E-state index contributed by atoms with van der Waals surface area (Å²) in [6.45, 7) is 0.955. The quantitative estimate of drug-likeness (QED) is 0.761. The number of rotatable bonds is 6. The molecule has 2 rings (SSSR count). The van der Waals surface area contributed by atoms with E-state index in [0.29, 0.717) is 18.8 Å². The Morgan fingerprint density at radius 3 is 2.94 bits per heavy atom. The molecule has 0 aliphatic rings. The molecule has 0 bridgehead atoms. The third-order valence-electron chi connectivity index (χ3n) is 2.49. The zero-order valence-corrected chi connectivity index (χ0v) is 9.94. The monoisotopic (exact) mass is 248 g/mol. The molecule has 1 heterocycles. The summed E-state index contributed by atoms with van der Waals surface area (Å²) in [6.07, 6.45) is 2.34. The summed E-state index contributed by atoms with van der Waals surface area (Å²) in [5.41, 5.74) is 6.52. The maximum absolute atomic E-state index is 9.80. The first-order valence-corrected chi connectivity index (χ1v) is 5.71. The van der Waals surface area contributed by atoms with Gasteiger partial charge in [-0.2, -0.15) is 5.10 Å². The van der Waals surface area contributed by atoms with E-state index in [0.717, 1.165) is 5.56 Å². The smallest absolute Gasteiger partial charge is 0.137 e. The van der Waals surface area contributed by atoms with Gasteiger partial charge in [-0.3, -0.25) is 4.68 Å². The fourth-order valence-electron chi connectivity index (χ4n) is 1.59. The second-order valence-corrected chi connectivity index (χ2v) is 3.89. The summed E-state index contributed by atoms with van der Waals surface area (Å²) in [5, 5.41) is 13.7. The number of aliphatic hydroxyl groups is 1. The van der Waals surface area contributed by atoms with Gasteiger partial charge in [-0.05, 0) is 6.07 Å². The summed E-state index contributed by atoms with van der Waals surface area (Å²) in [4.78, 5) is 3.80. The summed E-state index contributed by atoms with van der Waals surface area (Å²) >= 11 is 0. The average Bonchev–Trinajstić information content (AvgIpc) is 2.89. The first-order valence-electron chi connectivity index (χ1n) is 5.71. The molecule has 18 heavy (non-hydrogen) atoms. The van der Waals surface area contributed by atoms with E-state index < -0.39 is 6.10 Å². The summed E-state index contributed by atoms with van der Waals surface area (Å²) in [6, 6.07) is 7.52. The minimum atomic E-state index is -0.641. The lowest BCUT2D eigenvalue weighted by molar-refractivity contribution is 0.0888. The highest BCUT2D eigenvalue weighted by Crippen LogP contribution is 2.17. The zero-order chi connectivity index (χ0) is 12.8. The van der Waals surface area contributed by atoms with Gasteiger partial charge in [0.15, 0.2) is 0 Å². The molecule has 1 atom stereocenters. The van der Waals surface area contributed by atoms with Crippen LogP contribution in [0.1, 0.15) is 5.56 Å². The number of para-hydroxylation sites is 1. The maximum atomic E-state index is 9.80. The first kappa shape index (κ1) is 12.5. The van der Waals surface area contributed by atoms with Gasteiger partial charge in [0, 0.05) is 12.1 Å². The van der Waals surface area contributed by atoms with Crippen LogP contribution in [0.25, 0.3) is 0 Å². The first-order chi connectivity index (χ1) is 8.79. The van der Waals surface area contributed by atoms with Gasteiger partial charge in [0.05, 0.1) is 6.54 Å². The van der Waals surface area contributed by atoms with Crippen LogP contribution < -0.4 is 10.5 Å². The van der Waals surface area contributed by atoms with Crippen LogP contribution in [0, 0.1) is 0 Å². The lowest BCUT2D eigenvalue weighted by Crippen LogP contribution is -2.24. The van der Waals surface area contributed by atoms with Crippen molar-refractivity contribution in [3.8, 4) is 5.75 Å². The topological polar surface area (TPSA) is 86.2 Å². The number of ether oxygens (including phenoxy) is 1. The van der Waals surface area contributed by atoms with Gasteiger partial charge in [-0.15, -0.1) is 0 Å². The lowest BCUT2D eigenvalue weighted by atomic mass is 10.2. The molecular formula is C12H16N4O2. The molecule has 6 nitrogen and oxygen atoms in total. The summed E-state index contributed by atoms with van der Waals surface area (Å²) < 4.78 is 7.11. The van der Waals surface area contributed by atoms with Gasteiger partial charge < -0.3 is 15.6 Å². The third-order valence-corrected chi connectivity index (χ3v) is 2.49. The molecule has 0 aliphatic carbocycles. The third kappa shape index (κ3) is 3.28. The normalized spacial score (nSPS) is 12.3. The molecule has 2 aromatic rings. The molecule has 0 amide bonds. The highest BCUT2D eigenvalue weighted by molar-refractivity contribution is 5.32. The number of nitrogens with two attached hydrogens (primary N) is 1. The number of nitrogens with zero attached hydrogens (tertiary/aromatic N) is 3. The van der Waals surface area contributed by atoms with E-state index in [9.17, 15) is 5.11 Å². The Morgan fingerprint density at radius 2 is 2.22 bits per heavy atom. The average molecular weight is 248 g/mol. The van der Waals surface area contributed by atoms with E-state index in [4.69, 9.17) is 10.5 Å². The molecule has 96 valence electrons. The van der Waals surface area contributed by atoms with Gasteiger partial charge >= 0.3 is 0 Å². The molecule has 0 saturated carbocycles. The number of hydrogen-bond acceptors (Lipinski definition) is 5. The van der Waals surface area contributed by atoms with Crippen molar-refractivity contribution < 1.29 is 9.84 Å². The Labute approximate surface area is 105 Å². The number of hydrogen-bond donors (Lipinski definition) is 2. The second-order valence-electron chi connectivity index (χ2n) is 3.89. The molecular weight excluding hydrogens is 232 g/mol. The minimum Gasteiger partial charge on any atom is -0.490 e. The molecule has 0 radical (unpaired) electrons. The van der Waals surface area contributed by atoms with Crippen LogP contribution in [-0.2, 0) is 13.1 Å². The molecule has 0 saturated heterocycles. The molecule has 1 unspecified atom stereocenters. The molecule has 0 fully saturated rings. The molecule has 6 heteroatoms. The van der Waals surface area contributed by atoms with Crippen LogP contribution in [0.4, 0.5) is 0 Å². The predicted molar refractivity (Wildman–Crippen MR) is 65.9 cm³/mol. The highest BCUT2D eigenvalue weighted by atomic mass is 16.5. The van der Waals surface area contributed by atoms with Crippen molar-refractivity contribution in [1.29, 1.82) is 0 Å². The second kappa shape index (κ2) is 6.13. The number of aliphatic hydroxyl groups excluding tert-OH is 1. The van der Waals surface area contributed by atoms with Crippen LogP contribution in [-0.4, -0.2) is 32.6 Å². The van der Waals surface area contributed by atoms with Crippen LogP contribution in [0.15, 0.2) is 36.9 Å². The van der Waals surface area contributed by atoms with Crippen molar-refractivity contribution in [3.63, 3.8) is 0 Å². The van der Waals surface area contributed by atoms with Crippen molar-refractivity contribution in [2.45, 2.75) is 19.2 Å². The lowest BCUT2D eigenvalue weighted by Gasteiger charge is -2.14. The van der Waals surface area contributed by atoms with Gasteiger partial charge in [0.25, 0.3) is 0 Å². The summed E-state index contributed by atoms with van der Waals surface area (Å²) in [5.74, 6) is 0.706. The van der Waals surface area contributed by atoms with Crippen molar-refractivity contribution in [2.75, 3.05) is 6.61 Å². The maximum Gasteiger partial charge on any atom is 0.137 e. The van der Waals surface area contributed by atoms with E-state index in [-0.39, 0.29) is 6.61 Å². The highest BCUT2D eigenvalue weighted by Gasteiger charge is 2.08. The zero-order valence-electron chi connectivity index (χ0n) is 9.94. The van der Waals surface area contributed by atoms with Crippen LogP contribution in [0.5, 0.6) is 5.75 Å². The summed E-state index contributed by atoms with van der Waals surface area (Å²) in [7, 11) is 0. The van der Waals surface area contributed by atoms with Crippen molar-refractivity contribution >= 4 is 0 Å². The van der Waals surface area contributed by atoms with Crippen LogP contribution in [0.3, 0.4) is 0 Å². The molecule has 3 N–H and O–H groups in total. The molecule has 0 aliphatic heterocycles. The molecule has 1 aromatic carbocycles. The van der Waals surface area contributed by atoms with Crippen molar-refractivity contribution in [1.82, 2.24) is 14.8 Å². The van der Waals surface area contributed by atoms with Crippen molar-refractivity contribution in [2.24, 2.45) is 5.73 Å². The van der Waals surface area contributed by atoms with E-state index in [2.05, 4.69) is 10.1 Å². The van der Waals surface area contributed by atoms with Gasteiger partial charge in [0.2, 0.25) is 0 Å². The van der Waals surface area contributed by atoms with E-state index >= 15 is 0 Å². The SMILES string of the molecule is NCc1ccccc1OCC(O)Cn1cncn1. The Hall–Kier alpha value is -1.92. The van der Waals surface area contributed by atoms with E-state index in [1.165, 1.54) is 6.33 Å². The molecule has 0 spiro atoms. The standard InChI is InChI=1S/C12H16N4O2/c13-5-10-3-1-2-4-12(10)18-7-11(17)6-16-9-14-8-15-16/h1-4,8-9,11,17H,5-7,13H2. The van der Waals surface area contributed by atoms with Gasteiger partial charge in [0.1, 0.15) is 31.1 Å². The largest absolute Gasteiger partial charge is 0.490 e. The Balaban J connectivity index is 1.87. The Kier molecular flexibility index (Phi) is 4.27. The predicted octanol–water partition coefficient (Wildman–Crippen LogP) is 0.177. The Bertz CT molecular complexity index is 473. The van der Waals surface area contributed by atoms with E-state index in [1.807, 2.05) is 24.3 Å². The van der Waals surface area contributed by atoms with Crippen molar-refractivity contribution in [3.05, 3.63) is 42.5 Å². The number of benzene rings is 1. The molecule has 1 aromatic heterocycles.